The van der Waals surface area contributed by atoms with E-state index >= 15 is 0 Å². The predicted molar refractivity (Wildman–Crippen MR) is 52.6 cm³/mol. The van der Waals surface area contributed by atoms with Gasteiger partial charge in [-0.25, -0.2) is 0 Å². The Balaban J connectivity index is 2.51. The Hall–Kier alpha value is -0.830. The van der Waals surface area contributed by atoms with E-state index in [1.165, 1.54) is 5.56 Å². The second-order valence-electron chi connectivity index (χ2n) is 3.21. The van der Waals surface area contributed by atoms with Gasteiger partial charge in [-0.05, 0) is 19.9 Å². The van der Waals surface area contributed by atoms with Crippen molar-refractivity contribution in [3.8, 4) is 0 Å². The molecule has 1 aromatic rings. The fraction of sp³-hybridized carbons (Fsp3) is 0.700. The van der Waals surface area contributed by atoms with Crippen LogP contribution in [0.25, 0.3) is 0 Å². The van der Waals surface area contributed by atoms with Crippen LogP contribution in [0.2, 0.25) is 0 Å². The molecular formula is C10H18N2O. The van der Waals surface area contributed by atoms with E-state index in [1.807, 2.05) is 0 Å². The molecule has 0 saturated heterocycles. The largest absolute Gasteiger partial charge is 0.361 e. The third kappa shape index (κ3) is 2.56. The minimum atomic E-state index is 0.823. The lowest BCUT2D eigenvalue weighted by molar-refractivity contribution is 0.378. The number of aromatic nitrogens is 1. The predicted octanol–water partition coefficient (Wildman–Crippen LogP) is 2.05. The Bertz CT molecular complexity index is 255. The van der Waals surface area contributed by atoms with E-state index in [-0.39, 0.29) is 0 Å². The van der Waals surface area contributed by atoms with Crippen LogP contribution in [0.15, 0.2) is 4.52 Å². The number of hydrogen-bond acceptors (Lipinski definition) is 3. The zero-order valence-corrected chi connectivity index (χ0v) is 8.68. The Kier molecular flexibility index (Phi) is 3.96. The summed E-state index contributed by atoms with van der Waals surface area (Å²) < 4.78 is 5.19. The highest BCUT2D eigenvalue weighted by Gasteiger charge is 2.08. The lowest BCUT2D eigenvalue weighted by atomic mass is 10.2. The normalized spacial score (nSPS) is 10.7. The lowest BCUT2D eigenvalue weighted by Crippen LogP contribution is -2.14. The van der Waals surface area contributed by atoms with Crippen molar-refractivity contribution in [3.05, 3.63) is 17.0 Å². The van der Waals surface area contributed by atoms with Crippen LogP contribution in [0.5, 0.6) is 0 Å². The number of nitrogens with zero attached hydrogens (tertiary/aromatic N) is 1. The molecular weight excluding hydrogens is 164 g/mol. The molecule has 1 aromatic heterocycles. The molecule has 1 heterocycles. The summed E-state index contributed by atoms with van der Waals surface area (Å²) in [6.45, 7) is 8.16. The van der Waals surface area contributed by atoms with Gasteiger partial charge in [0.2, 0.25) is 0 Å². The number of hydrogen-bond donors (Lipinski definition) is 1. The number of nitrogens with one attached hydrogen (secondary N) is 1. The first-order valence-corrected chi connectivity index (χ1v) is 4.94. The smallest absolute Gasteiger partial charge is 0.139 e. The third-order valence-corrected chi connectivity index (χ3v) is 2.16. The van der Waals surface area contributed by atoms with Crippen LogP contribution in [0.1, 0.15) is 37.3 Å². The summed E-state index contributed by atoms with van der Waals surface area (Å²) in [7, 11) is 0. The molecule has 0 unspecified atom stereocenters. The van der Waals surface area contributed by atoms with Gasteiger partial charge in [-0.15, -0.1) is 0 Å². The second kappa shape index (κ2) is 5.02. The SMILES string of the molecule is CCCNCc1noc(CC)c1C. The first-order valence-electron chi connectivity index (χ1n) is 4.94. The van der Waals surface area contributed by atoms with Gasteiger partial charge in [0.25, 0.3) is 0 Å². The van der Waals surface area contributed by atoms with Gasteiger partial charge in [0.15, 0.2) is 0 Å². The van der Waals surface area contributed by atoms with E-state index in [9.17, 15) is 0 Å². The van der Waals surface area contributed by atoms with Gasteiger partial charge >= 0.3 is 0 Å². The number of aryl methyl sites for hydroxylation is 1. The van der Waals surface area contributed by atoms with E-state index in [0.717, 1.165) is 37.4 Å². The van der Waals surface area contributed by atoms with Crippen LogP contribution in [0.3, 0.4) is 0 Å². The average molecular weight is 182 g/mol. The molecule has 0 bridgehead atoms. The van der Waals surface area contributed by atoms with E-state index in [4.69, 9.17) is 4.52 Å². The Morgan fingerprint density at radius 3 is 2.69 bits per heavy atom. The summed E-state index contributed by atoms with van der Waals surface area (Å²) in [4.78, 5) is 0. The molecule has 0 amide bonds. The van der Waals surface area contributed by atoms with Crippen LogP contribution in [0.4, 0.5) is 0 Å². The quantitative estimate of drug-likeness (QED) is 0.708. The minimum absolute atomic E-state index is 0.823. The average Bonchev–Trinajstić information content (AvgIpc) is 2.48. The molecule has 0 radical (unpaired) electrons. The monoisotopic (exact) mass is 182 g/mol. The highest BCUT2D eigenvalue weighted by Crippen LogP contribution is 2.12. The second-order valence-corrected chi connectivity index (χ2v) is 3.21. The molecule has 3 heteroatoms. The summed E-state index contributed by atoms with van der Waals surface area (Å²) in [5, 5.41) is 7.33. The Morgan fingerprint density at radius 2 is 2.15 bits per heavy atom. The molecule has 0 atom stereocenters. The van der Waals surface area contributed by atoms with E-state index < -0.39 is 0 Å². The van der Waals surface area contributed by atoms with Gasteiger partial charge in [-0.3, -0.25) is 0 Å². The van der Waals surface area contributed by atoms with E-state index in [1.54, 1.807) is 0 Å². The van der Waals surface area contributed by atoms with Gasteiger partial charge < -0.3 is 9.84 Å². The molecule has 1 rings (SSSR count). The number of rotatable bonds is 5. The third-order valence-electron chi connectivity index (χ3n) is 2.16. The van der Waals surface area contributed by atoms with Crippen molar-refractivity contribution in [2.45, 2.75) is 40.2 Å². The van der Waals surface area contributed by atoms with Crippen LogP contribution in [-0.4, -0.2) is 11.7 Å². The minimum Gasteiger partial charge on any atom is -0.361 e. The van der Waals surface area contributed by atoms with Crippen molar-refractivity contribution in [2.24, 2.45) is 0 Å². The van der Waals surface area contributed by atoms with Crippen LogP contribution in [-0.2, 0) is 13.0 Å². The van der Waals surface area contributed by atoms with Crippen molar-refractivity contribution in [1.29, 1.82) is 0 Å². The summed E-state index contributed by atoms with van der Waals surface area (Å²) in [5.41, 5.74) is 2.25. The van der Waals surface area contributed by atoms with E-state index in [0.29, 0.717) is 0 Å². The standard InChI is InChI=1S/C10H18N2O/c1-4-6-11-7-9-8(3)10(5-2)13-12-9/h11H,4-7H2,1-3H3. The van der Waals surface area contributed by atoms with Crippen LogP contribution < -0.4 is 5.32 Å². The van der Waals surface area contributed by atoms with Gasteiger partial charge in [0, 0.05) is 18.5 Å². The maximum atomic E-state index is 5.19. The molecule has 0 aromatic carbocycles. The summed E-state index contributed by atoms with van der Waals surface area (Å²) in [6.07, 6.45) is 2.07. The maximum Gasteiger partial charge on any atom is 0.139 e. The van der Waals surface area contributed by atoms with Crippen molar-refractivity contribution in [3.63, 3.8) is 0 Å². The Morgan fingerprint density at radius 1 is 1.38 bits per heavy atom. The van der Waals surface area contributed by atoms with Gasteiger partial charge in [-0.1, -0.05) is 19.0 Å². The Labute approximate surface area is 79.5 Å². The molecule has 0 aliphatic heterocycles. The van der Waals surface area contributed by atoms with Crippen molar-refractivity contribution < 1.29 is 4.52 Å². The van der Waals surface area contributed by atoms with Gasteiger partial charge in [0.05, 0.1) is 0 Å². The zero-order chi connectivity index (χ0) is 9.68. The fourth-order valence-electron chi connectivity index (χ4n) is 1.29. The maximum absolute atomic E-state index is 5.19. The molecule has 0 fully saturated rings. The van der Waals surface area contributed by atoms with Crippen LogP contribution >= 0.6 is 0 Å². The molecule has 0 spiro atoms. The molecule has 1 N–H and O–H groups in total. The van der Waals surface area contributed by atoms with Crippen molar-refractivity contribution >= 4 is 0 Å². The lowest BCUT2D eigenvalue weighted by Gasteiger charge is -1.99. The van der Waals surface area contributed by atoms with Crippen LogP contribution in [0, 0.1) is 6.92 Å². The molecule has 0 aliphatic carbocycles. The fourth-order valence-corrected chi connectivity index (χ4v) is 1.29. The summed E-state index contributed by atoms with van der Waals surface area (Å²) in [6, 6.07) is 0. The highest BCUT2D eigenvalue weighted by molar-refractivity contribution is 5.20. The highest BCUT2D eigenvalue weighted by atomic mass is 16.5. The van der Waals surface area contributed by atoms with Gasteiger partial charge in [-0.2, -0.15) is 0 Å². The molecule has 74 valence electrons. The first kappa shape index (κ1) is 10.3. The van der Waals surface area contributed by atoms with Crippen molar-refractivity contribution in [1.82, 2.24) is 10.5 Å². The van der Waals surface area contributed by atoms with E-state index in [2.05, 4.69) is 31.2 Å². The van der Waals surface area contributed by atoms with Gasteiger partial charge in [0.1, 0.15) is 11.5 Å². The summed E-state index contributed by atoms with van der Waals surface area (Å²) in [5.74, 6) is 1.01. The molecule has 0 aliphatic rings. The zero-order valence-electron chi connectivity index (χ0n) is 8.68. The van der Waals surface area contributed by atoms with Crippen molar-refractivity contribution in [2.75, 3.05) is 6.54 Å². The molecule has 3 nitrogen and oxygen atoms in total. The first-order chi connectivity index (χ1) is 6.29. The molecule has 13 heavy (non-hydrogen) atoms. The topological polar surface area (TPSA) is 38.1 Å². The molecule has 0 saturated carbocycles. The summed E-state index contributed by atoms with van der Waals surface area (Å²) >= 11 is 0.